The lowest BCUT2D eigenvalue weighted by Crippen LogP contribution is -2.24. The van der Waals surface area contributed by atoms with Gasteiger partial charge in [0, 0.05) is 11.4 Å². The molecule has 1 aromatic carbocycles. The molecule has 0 heterocycles. The van der Waals surface area contributed by atoms with Crippen molar-refractivity contribution < 1.29 is 9.53 Å². The van der Waals surface area contributed by atoms with Crippen LogP contribution in [0.4, 0.5) is 5.69 Å². The van der Waals surface area contributed by atoms with Crippen LogP contribution in [0.2, 0.25) is 0 Å². The van der Waals surface area contributed by atoms with Gasteiger partial charge in [0.1, 0.15) is 5.60 Å². The Balaban J connectivity index is 2.34. The van der Waals surface area contributed by atoms with Crippen molar-refractivity contribution in [2.45, 2.75) is 32.1 Å². The number of hydrogen-bond acceptors (Lipinski definition) is 4. The molecule has 0 saturated heterocycles. The molecule has 2 N–H and O–H groups in total. The van der Waals surface area contributed by atoms with Crippen LogP contribution in [0.1, 0.15) is 26.3 Å². The third kappa shape index (κ3) is 5.63. The summed E-state index contributed by atoms with van der Waals surface area (Å²) in [5, 5.41) is 0. The average molecular weight is 253 g/mol. The van der Waals surface area contributed by atoms with E-state index in [9.17, 15) is 4.79 Å². The fourth-order valence-electron chi connectivity index (χ4n) is 1.28. The number of thioether (sulfide) groups is 1. The standard InChI is InChI=1S/C13H19NO2S/c1-13(2,3)16-12(15)9-17-8-10-6-4-5-7-11(10)14/h4-7H,8-9,14H2,1-3H3. The molecule has 94 valence electrons. The molecule has 4 heteroatoms. The minimum atomic E-state index is -0.413. The van der Waals surface area contributed by atoms with Crippen molar-refractivity contribution >= 4 is 23.4 Å². The second-order valence-electron chi connectivity index (χ2n) is 4.78. The molecule has 0 saturated carbocycles. The van der Waals surface area contributed by atoms with Gasteiger partial charge in [0.05, 0.1) is 5.75 Å². The quantitative estimate of drug-likeness (QED) is 0.662. The van der Waals surface area contributed by atoms with Gasteiger partial charge < -0.3 is 10.5 Å². The molecule has 0 aliphatic rings. The maximum Gasteiger partial charge on any atom is 0.316 e. The van der Waals surface area contributed by atoms with E-state index in [1.807, 2.05) is 45.0 Å². The Labute approximate surface area is 107 Å². The van der Waals surface area contributed by atoms with Gasteiger partial charge in [-0.15, -0.1) is 11.8 Å². The lowest BCUT2D eigenvalue weighted by molar-refractivity contribution is -0.151. The van der Waals surface area contributed by atoms with Crippen LogP contribution in [0.5, 0.6) is 0 Å². The number of ether oxygens (including phenoxy) is 1. The second kappa shape index (κ2) is 5.96. The predicted molar refractivity (Wildman–Crippen MR) is 72.9 cm³/mol. The minimum absolute atomic E-state index is 0.183. The van der Waals surface area contributed by atoms with Crippen LogP contribution in [0.15, 0.2) is 24.3 Å². The summed E-state index contributed by atoms with van der Waals surface area (Å²) in [6, 6.07) is 7.68. The molecular weight excluding hydrogens is 234 g/mol. The highest BCUT2D eigenvalue weighted by atomic mass is 32.2. The van der Waals surface area contributed by atoms with Crippen LogP contribution in [0.25, 0.3) is 0 Å². The molecule has 0 amide bonds. The SMILES string of the molecule is CC(C)(C)OC(=O)CSCc1ccccc1N. The number of benzene rings is 1. The first kappa shape index (κ1) is 13.9. The smallest absolute Gasteiger partial charge is 0.316 e. The van der Waals surface area contributed by atoms with E-state index in [-0.39, 0.29) is 5.97 Å². The van der Waals surface area contributed by atoms with Crippen LogP contribution in [0.3, 0.4) is 0 Å². The number of anilines is 1. The summed E-state index contributed by atoms with van der Waals surface area (Å²) < 4.78 is 5.21. The molecule has 0 spiro atoms. The number of nitrogens with two attached hydrogens (primary N) is 1. The van der Waals surface area contributed by atoms with Crippen molar-refractivity contribution in [2.75, 3.05) is 11.5 Å². The molecule has 1 aromatic rings. The van der Waals surface area contributed by atoms with E-state index < -0.39 is 5.60 Å². The van der Waals surface area contributed by atoms with E-state index in [0.717, 1.165) is 17.0 Å². The zero-order valence-corrected chi connectivity index (χ0v) is 11.3. The molecule has 0 aliphatic heterocycles. The van der Waals surface area contributed by atoms with Gasteiger partial charge in [-0.1, -0.05) is 18.2 Å². The van der Waals surface area contributed by atoms with Crippen LogP contribution >= 0.6 is 11.8 Å². The second-order valence-corrected chi connectivity index (χ2v) is 5.76. The van der Waals surface area contributed by atoms with Crippen molar-refractivity contribution in [3.05, 3.63) is 29.8 Å². The first-order chi connectivity index (χ1) is 7.88. The van der Waals surface area contributed by atoms with Crippen LogP contribution in [0, 0.1) is 0 Å². The summed E-state index contributed by atoms with van der Waals surface area (Å²) in [7, 11) is 0. The normalized spacial score (nSPS) is 11.2. The number of rotatable bonds is 4. The van der Waals surface area contributed by atoms with Crippen molar-refractivity contribution in [2.24, 2.45) is 0 Å². The maximum absolute atomic E-state index is 11.5. The number of hydrogen-bond donors (Lipinski definition) is 1. The molecular formula is C13H19NO2S. The zero-order valence-electron chi connectivity index (χ0n) is 10.5. The Morgan fingerprint density at radius 3 is 2.59 bits per heavy atom. The lowest BCUT2D eigenvalue weighted by Gasteiger charge is -2.19. The van der Waals surface area contributed by atoms with Crippen molar-refractivity contribution in [3.63, 3.8) is 0 Å². The van der Waals surface area contributed by atoms with Gasteiger partial charge in [-0.3, -0.25) is 4.79 Å². The largest absolute Gasteiger partial charge is 0.459 e. The summed E-state index contributed by atoms with van der Waals surface area (Å²) in [5.74, 6) is 0.898. The van der Waals surface area contributed by atoms with Gasteiger partial charge >= 0.3 is 5.97 Å². The minimum Gasteiger partial charge on any atom is -0.459 e. The first-order valence-electron chi connectivity index (χ1n) is 5.51. The summed E-state index contributed by atoms with van der Waals surface area (Å²) >= 11 is 1.51. The van der Waals surface area contributed by atoms with Gasteiger partial charge in [0.25, 0.3) is 0 Å². The number of carbonyl (C=O) groups excluding carboxylic acids is 1. The molecule has 0 bridgehead atoms. The molecule has 17 heavy (non-hydrogen) atoms. The number of nitrogen functional groups attached to an aromatic ring is 1. The lowest BCUT2D eigenvalue weighted by atomic mass is 10.2. The van der Waals surface area contributed by atoms with Crippen molar-refractivity contribution in [3.8, 4) is 0 Å². The summed E-state index contributed by atoms with van der Waals surface area (Å²) in [6.45, 7) is 5.60. The third-order valence-electron chi connectivity index (χ3n) is 1.95. The molecule has 1 rings (SSSR count). The highest BCUT2D eigenvalue weighted by Crippen LogP contribution is 2.19. The van der Waals surface area contributed by atoms with E-state index in [1.165, 1.54) is 11.8 Å². The molecule has 0 atom stereocenters. The van der Waals surface area contributed by atoms with E-state index in [1.54, 1.807) is 0 Å². The van der Waals surface area contributed by atoms with Crippen LogP contribution in [-0.2, 0) is 15.3 Å². The Bertz CT molecular complexity index is 385. The predicted octanol–water partition coefficient (Wildman–Crippen LogP) is 2.84. The Morgan fingerprint density at radius 2 is 2.00 bits per heavy atom. The van der Waals surface area contributed by atoms with E-state index in [0.29, 0.717) is 5.75 Å². The van der Waals surface area contributed by atoms with Gasteiger partial charge in [-0.2, -0.15) is 0 Å². The van der Waals surface area contributed by atoms with Crippen LogP contribution in [-0.4, -0.2) is 17.3 Å². The number of carbonyl (C=O) groups is 1. The van der Waals surface area contributed by atoms with E-state index in [2.05, 4.69) is 0 Å². The van der Waals surface area contributed by atoms with Gasteiger partial charge in [-0.25, -0.2) is 0 Å². The summed E-state index contributed by atoms with van der Waals surface area (Å²) in [6.07, 6.45) is 0. The fraction of sp³-hybridized carbons (Fsp3) is 0.462. The highest BCUT2D eigenvalue weighted by Gasteiger charge is 2.15. The fourth-order valence-corrected chi connectivity index (χ4v) is 2.09. The average Bonchev–Trinajstić information content (AvgIpc) is 2.18. The Morgan fingerprint density at radius 1 is 1.35 bits per heavy atom. The van der Waals surface area contributed by atoms with Gasteiger partial charge in [0.15, 0.2) is 0 Å². The summed E-state index contributed by atoms with van der Waals surface area (Å²) in [5.41, 5.74) is 7.22. The van der Waals surface area contributed by atoms with Crippen molar-refractivity contribution in [1.82, 2.24) is 0 Å². The summed E-state index contributed by atoms with van der Waals surface area (Å²) in [4.78, 5) is 11.5. The van der Waals surface area contributed by atoms with Crippen molar-refractivity contribution in [1.29, 1.82) is 0 Å². The third-order valence-corrected chi connectivity index (χ3v) is 2.91. The van der Waals surface area contributed by atoms with E-state index >= 15 is 0 Å². The van der Waals surface area contributed by atoms with E-state index in [4.69, 9.17) is 10.5 Å². The number of para-hydroxylation sites is 1. The zero-order chi connectivity index (χ0) is 12.9. The van der Waals surface area contributed by atoms with Gasteiger partial charge in [-0.05, 0) is 32.4 Å². The first-order valence-corrected chi connectivity index (χ1v) is 6.67. The molecule has 0 unspecified atom stereocenters. The highest BCUT2D eigenvalue weighted by molar-refractivity contribution is 7.99. The monoisotopic (exact) mass is 253 g/mol. The van der Waals surface area contributed by atoms with Gasteiger partial charge in [0.2, 0.25) is 0 Å². The molecule has 0 fully saturated rings. The molecule has 0 aliphatic carbocycles. The molecule has 0 radical (unpaired) electrons. The Hall–Kier alpha value is -1.16. The maximum atomic E-state index is 11.5. The molecule has 0 aromatic heterocycles. The van der Waals surface area contributed by atoms with Crippen LogP contribution < -0.4 is 5.73 Å². The Kier molecular flexibility index (Phi) is 4.87. The number of esters is 1. The topological polar surface area (TPSA) is 52.3 Å². The molecule has 3 nitrogen and oxygen atoms in total.